The Labute approximate surface area is 176 Å². The molecule has 0 aliphatic carbocycles. The molecule has 1 aromatic heterocycles. The lowest BCUT2D eigenvalue weighted by Gasteiger charge is -2.05. The molecule has 0 spiro atoms. The van der Waals surface area contributed by atoms with Crippen molar-refractivity contribution in [2.45, 2.75) is 25.2 Å². The van der Waals surface area contributed by atoms with E-state index in [-0.39, 0.29) is 4.90 Å². The Morgan fingerprint density at radius 2 is 1.50 bits per heavy atom. The minimum absolute atomic E-state index is 0.0585. The third-order valence-corrected chi connectivity index (χ3v) is 5.74. The zero-order chi connectivity index (χ0) is 21.3. The van der Waals surface area contributed by atoms with Crippen LogP contribution in [0.4, 0.5) is 0 Å². The number of aryl methyl sites for hydroxylation is 2. The Bertz CT molecular complexity index is 1270. The van der Waals surface area contributed by atoms with Gasteiger partial charge in [0.1, 0.15) is 5.69 Å². The van der Waals surface area contributed by atoms with Crippen molar-refractivity contribution in [3.05, 3.63) is 95.4 Å². The number of nitrogens with two attached hydrogens (primary N) is 1. The zero-order valence-electron chi connectivity index (χ0n) is 16.8. The first kappa shape index (κ1) is 20.1. The summed E-state index contributed by atoms with van der Waals surface area (Å²) in [4.78, 5) is 4.85. The molecule has 152 valence electrons. The molecule has 0 unspecified atom stereocenters. The number of aromatic nitrogens is 1. The van der Waals surface area contributed by atoms with Crippen LogP contribution in [-0.4, -0.2) is 13.4 Å². The Kier molecular flexibility index (Phi) is 5.28. The van der Waals surface area contributed by atoms with Gasteiger partial charge in [0, 0.05) is 17.5 Å². The number of sulfonamides is 1. The lowest BCUT2D eigenvalue weighted by Crippen LogP contribution is -2.11. The number of rotatable bonds is 5. The lowest BCUT2D eigenvalue weighted by molar-refractivity contribution is 0.519. The summed E-state index contributed by atoms with van der Waals surface area (Å²) in [5, 5.41) is 5.23. The summed E-state index contributed by atoms with van der Waals surface area (Å²) < 4.78 is 29.4. The molecule has 0 radical (unpaired) electrons. The quantitative estimate of drug-likeness (QED) is 0.501. The van der Waals surface area contributed by atoms with E-state index in [0.717, 1.165) is 33.5 Å². The predicted molar refractivity (Wildman–Crippen MR) is 117 cm³/mol. The summed E-state index contributed by atoms with van der Waals surface area (Å²) in [6.45, 7) is 4.09. The normalized spacial score (nSPS) is 11.6. The van der Waals surface area contributed by atoms with Crippen LogP contribution < -0.4 is 5.14 Å². The molecule has 0 aliphatic rings. The van der Waals surface area contributed by atoms with Crippen LogP contribution in [0.25, 0.3) is 22.6 Å². The molecule has 0 atom stereocenters. The van der Waals surface area contributed by atoms with Crippen molar-refractivity contribution in [1.82, 2.24) is 4.98 Å². The van der Waals surface area contributed by atoms with Crippen molar-refractivity contribution < 1.29 is 12.8 Å². The second kappa shape index (κ2) is 7.89. The van der Waals surface area contributed by atoms with Crippen LogP contribution >= 0.6 is 0 Å². The van der Waals surface area contributed by atoms with Gasteiger partial charge in [0.15, 0.2) is 11.7 Å². The fourth-order valence-electron chi connectivity index (χ4n) is 3.51. The number of benzene rings is 3. The topological polar surface area (TPSA) is 86.2 Å². The standard InChI is InChI=1S/C24H22N2O3S/c1-16-12-17(2)14-20(13-16)23-24(19-8-10-21(11-9-19)30(25,27)28)29-22(26-23)15-18-6-4-3-5-7-18/h3-14H,15H2,1-2H3,(H2,25,27,28). The summed E-state index contributed by atoms with van der Waals surface area (Å²) in [7, 11) is -3.76. The predicted octanol–water partition coefficient (Wildman–Crippen LogP) is 4.86. The summed E-state index contributed by atoms with van der Waals surface area (Å²) in [5.74, 6) is 1.20. The highest BCUT2D eigenvalue weighted by Gasteiger charge is 2.19. The van der Waals surface area contributed by atoms with E-state index in [9.17, 15) is 8.42 Å². The number of nitrogens with zero attached hydrogens (tertiary/aromatic N) is 1. The number of hydrogen-bond donors (Lipinski definition) is 1. The fraction of sp³-hybridized carbons (Fsp3) is 0.125. The van der Waals surface area contributed by atoms with Gasteiger partial charge in [-0.3, -0.25) is 0 Å². The van der Waals surface area contributed by atoms with Gasteiger partial charge in [-0.15, -0.1) is 0 Å². The molecular weight excluding hydrogens is 396 g/mol. The molecule has 0 amide bonds. The molecule has 0 bridgehead atoms. The summed E-state index contributed by atoms with van der Waals surface area (Å²) in [6.07, 6.45) is 0.563. The summed E-state index contributed by atoms with van der Waals surface area (Å²) in [6, 6.07) is 22.6. The summed E-state index contributed by atoms with van der Waals surface area (Å²) in [5.41, 5.74) is 5.80. The molecule has 4 aromatic rings. The van der Waals surface area contributed by atoms with Gasteiger partial charge in [-0.05, 0) is 55.8 Å². The van der Waals surface area contributed by atoms with Crippen molar-refractivity contribution in [3.63, 3.8) is 0 Å². The van der Waals surface area contributed by atoms with E-state index >= 15 is 0 Å². The van der Waals surface area contributed by atoms with Crippen LogP contribution in [0, 0.1) is 13.8 Å². The molecule has 30 heavy (non-hydrogen) atoms. The molecule has 4 rings (SSSR count). The van der Waals surface area contributed by atoms with Gasteiger partial charge in [0.05, 0.1) is 4.90 Å². The first-order chi connectivity index (χ1) is 14.3. The highest BCUT2D eigenvalue weighted by molar-refractivity contribution is 7.89. The number of hydrogen-bond acceptors (Lipinski definition) is 4. The van der Waals surface area contributed by atoms with Crippen LogP contribution in [0.2, 0.25) is 0 Å². The second-order valence-electron chi connectivity index (χ2n) is 7.39. The Balaban J connectivity index is 1.83. The first-order valence-electron chi connectivity index (χ1n) is 9.55. The van der Waals surface area contributed by atoms with Crippen molar-refractivity contribution in [3.8, 4) is 22.6 Å². The van der Waals surface area contributed by atoms with Gasteiger partial charge >= 0.3 is 0 Å². The largest absolute Gasteiger partial charge is 0.440 e. The Morgan fingerprint density at radius 1 is 0.867 bits per heavy atom. The molecule has 0 saturated heterocycles. The molecule has 0 aliphatic heterocycles. The van der Waals surface area contributed by atoms with Gasteiger partial charge in [0.25, 0.3) is 0 Å². The van der Waals surface area contributed by atoms with E-state index in [0.29, 0.717) is 18.1 Å². The van der Waals surface area contributed by atoms with E-state index in [1.807, 2.05) is 44.2 Å². The highest BCUT2D eigenvalue weighted by Crippen LogP contribution is 2.34. The van der Waals surface area contributed by atoms with Crippen LogP contribution in [0.15, 0.2) is 82.1 Å². The second-order valence-corrected chi connectivity index (χ2v) is 8.95. The average molecular weight is 419 g/mol. The molecular formula is C24H22N2O3S. The first-order valence-corrected chi connectivity index (χ1v) is 11.1. The zero-order valence-corrected chi connectivity index (χ0v) is 17.6. The maximum absolute atomic E-state index is 11.6. The van der Waals surface area contributed by atoms with E-state index in [1.165, 1.54) is 12.1 Å². The van der Waals surface area contributed by atoms with Crippen LogP contribution in [0.3, 0.4) is 0 Å². The maximum atomic E-state index is 11.6. The molecule has 5 nitrogen and oxygen atoms in total. The monoisotopic (exact) mass is 418 g/mol. The van der Waals surface area contributed by atoms with E-state index in [1.54, 1.807) is 12.1 Å². The molecule has 1 heterocycles. The fourth-order valence-corrected chi connectivity index (χ4v) is 4.02. The van der Waals surface area contributed by atoms with E-state index < -0.39 is 10.0 Å². The van der Waals surface area contributed by atoms with Gasteiger partial charge in [-0.25, -0.2) is 18.5 Å². The summed E-state index contributed by atoms with van der Waals surface area (Å²) >= 11 is 0. The minimum atomic E-state index is -3.76. The molecule has 0 saturated carbocycles. The molecule has 0 fully saturated rings. The van der Waals surface area contributed by atoms with Crippen LogP contribution in [0.5, 0.6) is 0 Å². The molecule has 3 aromatic carbocycles. The van der Waals surface area contributed by atoms with E-state index in [2.05, 4.69) is 18.2 Å². The third-order valence-electron chi connectivity index (χ3n) is 4.81. The lowest BCUT2D eigenvalue weighted by atomic mass is 10.0. The average Bonchev–Trinajstić information content (AvgIpc) is 3.11. The van der Waals surface area contributed by atoms with Crippen molar-refractivity contribution in [1.29, 1.82) is 0 Å². The van der Waals surface area contributed by atoms with Crippen LogP contribution in [0.1, 0.15) is 22.6 Å². The Morgan fingerprint density at radius 3 is 2.10 bits per heavy atom. The minimum Gasteiger partial charge on any atom is -0.440 e. The molecule has 6 heteroatoms. The Hall–Kier alpha value is -3.22. The number of primary sulfonamides is 1. The maximum Gasteiger partial charge on any atom is 0.238 e. The van der Waals surface area contributed by atoms with Crippen molar-refractivity contribution in [2.24, 2.45) is 5.14 Å². The smallest absolute Gasteiger partial charge is 0.238 e. The third kappa shape index (κ3) is 4.35. The van der Waals surface area contributed by atoms with Crippen molar-refractivity contribution >= 4 is 10.0 Å². The van der Waals surface area contributed by atoms with Gasteiger partial charge in [-0.2, -0.15) is 0 Å². The highest BCUT2D eigenvalue weighted by atomic mass is 32.2. The molecule has 2 N–H and O–H groups in total. The SMILES string of the molecule is Cc1cc(C)cc(-c2nc(Cc3ccccc3)oc2-c2ccc(S(N)(=O)=O)cc2)c1. The number of oxazole rings is 1. The van der Waals surface area contributed by atoms with E-state index in [4.69, 9.17) is 14.5 Å². The van der Waals surface area contributed by atoms with Gasteiger partial charge in [-0.1, -0.05) is 47.5 Å². The van der Waals surface area contributed by atoms with Gasteiger partial charge in [0.2, 0.25) is 10.0 Å². The van der Waals surface area contributed by atoms with Gasteiger partial charge < -0.3 is 4.42 Å². The van der Waals surface area contributed by atoms with Crippen molar-refractivity contribution in [2.75, 3.05) is 0 Å². The van der Waals surface area contributed by atoms with Crippen LogP contribution in [-0.2, 0) is 16.4 Å².